The summed E-state index contributed by atoms with van der Waals surface area (Å²) in [6.07, 6.45) is 3.14. The molecular weight excluding hydrogens is 354 g/mol. The van der Waals surface area contributed by atoms with Crippen LogP contribution in [0.5, 0.6) is 5.75 Å². The molecule has 0 saturated heterocycles. The molecule has 0 fully saturated rings. The average Bonchev–Trinajstić information content (AvgIpc) is 3.05. The largest absolute Gasteiger partial charge is 0.508 e. The molecule has 0 saturated carbocycles. The van der Waals surface area contributed by atoms with E-state index >= 15 is 0 Å². The number of aromatic nitrogens is 1. The van der Waals surface area contributed by atoms with E-state index in [2.05, 4.69) is 17.1 Å². The highest BCUT2D eigenvalue weighted by atomic mass is 16.3. The molecule has 0 unspecified atom stereocenters. The number of aromatic hydroxyl groups is 1. The van der Waals surface area contributed by atoms with Gasteiger partial charge in [-0.1, -0.05) is 13.8 Å². The van der Waals surface area contributed by atoms with Crippen molar-refractivity contribution in [3.05, 3.63) is 52.2 Å². The lowest BCUT2D eigenvalue weighted by Gasteiger charge is -2.38. The van der Waals surface area contributed by atoms with Crippen molar-refractivity contribution in [3.8, 4) is 5.75 Å². The minimum atomic E-state index is -1.48. The maximum absolute atomic E-state index is 12.4. The van der Waals surface area contributed by atoms with E-state index in [-0.39, 0.29) is 11.7 Å². The zero-order valence-corrected chi connectivity index (χ0v) is 16.0. The van der Waals surface area contributed by atoms with E-state index in [0.717, 1.165) is 46.4 Å². The summed E-state index contributed by atoms with van der Waals surface area (Å²) in [5.74, 6) is -0.0814. The zero-order chi connectivity index (χ0) is 19.6. The van der Waals surface area contributed by atoms with Crippen molar-refractivity contribution < 1.29 is 15.0 Å². The Labute approximate surface area is 163 Å². The van der Waals surface area contributed by atoms with Crippen LogP contribution in [0.25, 0.3) is 16.6 Å². The molecule has 28 heavy (non-hydrogen) atoms. The predicted molar refractivity (Wildman–Crippen MR) is 106 cm³/mol. The normalized spacial score (nSPS) is 23.3. The highest BCUT2D eigenvalue weighted by Gasteiger charge is 2.45. The fourth-order valence-corrected chi connectivity index (χ4v) is 4.79. The van der Waals surface area contributed by atoms with Gasteiger partial charge in [-0.2, -0.15) is 0 Å². The van der Waals surface area contributed by atoms with Crippen LogP contribution < -0.4 is 5.32 Å². The van der Waals surface area contributed by atoms with E-state index in [9.17, 15) is 15.0 Å². The second-order valence-electron chi connectivity index (χ2n) is 7.77. The maximum atomic E-state index is 12.4. The summed E-state index contributed by atoms with van der Waals surface area (Å²) < 4.78 is 0. The first kappa shape index (κ1) is 17.3. The van der Waals surface area contributed by atoms with Crippen LogP contribution in [0.3, 0.4) is 0 Å². The summed E-state index contributed by atoms with van der Waals surface area (Å²) in [7, 11) is 0. The van der Waals surface area contributed by atoms with Gasteiger partial charge in [-0.25, -0.2) is 4.98 Å². The first-order chi connectivity index (χ1) is 13.5. The van der Waals surface area contributed by atoms with Crippen molar-refractivity contribution >= 4 is 22.5 Å². The Bertz CT molecular complexity index is 1100. The Hall–Kier alpha value is -2.86. The second kappa shape index (κ2) is 5.82. The molecule has 1 aromatic heterocycles. The summed E-state index contributed by atoms with van der Waals surface area (Å²) in [6.45, 7) is 5.84. The van der Waals surface area contributed by atoms with E-state index in [4.69, 9.17) is 4.98 Å². The Kier molecular flexibility index (Phi) is 3.58. The molecule has 3 aliphatic heterocycles. The van der Waals surface area contributed by atoms with Gasteiger partial charge < -0.3 is 20.4 Å². The number of aliphatic hydroxyl groups is 1. The molecule has 2 aromatic rings. The van der Waals surface area contributed by atoms with Crippen molar-refractivity contribution in [2.75, 3.05) is 13.1 Å². The summed E-state index contributed by atoms with van der Waals surface area (Å²) in [5, 5.41) is 24.8. The van der Waals surface area contributed by atoms with Crippen LogP contribution in [-0.4, -0.2) is 44.7 Å². The molecule has 3 N–H and O–H groups in total. The maximum Gasteiger partial charge on any atom is 0.256 e. The lowest BCUT2D eigenvalue weighted by molar-refractivity contribution is -0.137. The minimum Gasteiger partial charge on any atom is -0.508 e. The van der Waals surface area contributed by atoms with Crippen LogP contribution in [0.2, 0.25) is 0 Å². The number of benzene rings is 1. The zero-order valence-electron chi connectivity index (χ0n) is 16.0. The smallest absolute Gasteiger partial charge is 0.256 e. The number of nitrogens with zero attached hydrogens (tertiary/aromatic N) is 2. The number of phenolic OH excluding ortho intramolecular Hbond substituents is 1. The van der Waals surface area contributed by atoms with Crippen molar-refractivity contribution in [1.29, 1.82) is 0 Å². The molecule has 0 bridgehead atoms. The number of carbonyl (C=O) groups is 1. The van der Waals surface area contributed by atoms with E-state index in [1.54, 1.807) is 12.1 Å². The van der Waals surface area contributed by atoms with Gasteiger partial charge in [0.1, 0.15) is 5.75 Å². The molecule has 1 aromatic carbocycles. The van der Waals surface area contributed by atoms with Gasteiger partial charge in [0.15, 0.2) is 5.60 Å². The number of fused-ring (bicyclic) bond motifs is 4. The second-order valence-corrected chi connectivity index (χ2v) is 7.77. The third-order valence-electron chi connectivity index (χ3n) is 6.31. The van der Waals surface area contributed by atoms with Gasteiger partial charge in [-0.05, 0) is 53.8 Å². The summed E-state index contributed by atoms with van der Waals surface area (Å²) in [6, 6.07) is 5.29. The van der Waals surface area contributed by atoms with E-state index < -0.39 is 5.60 Å². The molecular formula is C22H23N3O3. The Morgan fingerprint density at radius 1 is 1.29 bits per heavy atom. The van der Waals surface area contributed by atoms with Gasteiger partial charge >= 0.3 is 0 Å². The van der Waals surface area contributed by atoms with Crippen molar-refractivity contribution in [3.63, 3.8) is 0 Å². The van der Waals surface area contributed by atoms with Gasteiger partial charge in [0, 0.05) is 30.6 Å². The van der Waals surface area contributed by atoms with Crippen LogP contribution in [0.4, 0.5) is 0 Å². The number of amides is 1. The fourth-order valence-electron chi connectivity index (χ4n) is 4.79. The van der Waals surface area contributed by atoms with E-state index in [0.29, 0.717) is 19.5 Å². The number of rotatable bonds is 2. The standard InChI is InChI=1S/C22H23N3O3/c1-3-14-15-7-13(26)5-6-18(15)24-20-16(14)11-25-10-12-9-23-21(27)22(28,4-2)17(12)8-19(20)25/h5-8,26,28H,3-4,9-11H2,1-2H3,(H,23,27)/t22-/m0/s1. The molecule has 6 nitrogen and oxygen atoms in total. The summed E-state index contributed by atoms with van der Waals surface area (Å²) in [4.78, 5) is 19.5. The lowest BCUT2D eigenvalue weighted by Crippen LogP contribution is -2.54. The molecule has 6 heteroatoms. The van der Waals surface area contributed by atoms with Crippen LogP contribution >= 0.6 is 0 Å². The number of carbonyl (C=O) groups excluding carboxylic acids is 1. The fraction of sp³-hybridized carbons (Fsp3) is 0.364. The summed E-state index contributed by atoms with van der Waals surface area (Å²) >= 11 is 0. The van der Waals surface area contributed by atoms with Gasteiger partial charge in [0.05, 0.1) is 16.9 Å². The Morgan fingerprint density at radius 3 is 2.86 bits per heavy atom. The quantitative estimate of drug-likeness (QED) is 0.747. The number of phenols is 1. The molecule has 4 heterocycles. The highest BCUT2D eigenvalue weighted by molar-refractivity contribution is 5.94. The van der Waals surface area contributed by atoms with Crippen LogP contribution in [0, 0.1) is 0 Å². The Morgan fingerprint density at radius 2 is 2.11 bits per heavy atom. The summed E-state index contributed by atoms with van der Waals surface area (Å²) in [5.41, 5.74) is 5.42. The van der Waals surface area contributed by atoms with Gasteiger partial charge in [-0.15, -0.1) is 0 Å². The minimum absolute atomic E-state index is 0.244. The van der Waals surface area contributed by atoms with Crippen LogP contribution in [0.15, 0.2) is 35.4 Å². The molecule has 1 atom stereocenters. The SMILES string of the molecule is CCc1c2c(nc3ccc(O)cc13)C1=CC3=C(CNC(=O)[C@]3(O)CC)CN1C2. The third-order valence-corrected chi connectivity index (χ3v) is 6.31. The van der Waals surface area contributed by atoms with Gasteiger partial charge in [-0.3, -0.25) is 4.79 Å². The molecule has 144 valence electrons. The van der Waals surface area contributed by atoms with Gasteiger partial charge in [0.2, 0.25) is 0 Å². The monoisotopic (exact) mass is 377 g/mol. The third kappa shape index (κ3) is 2.18. The van der Waals surface area contributed by atoms with E-state index in [1.807, 2.05) is 19.1 Å². The molecule has 0 radical (unpaired) electrons. The van der Waals surface area contributed by atoms with Crippen LogP contribution in [0.1, 0.15) is 37.1 Å². The molecule has 0 spiro atoms. The average molecular weight is 377 g/mol. The lowest BCUT2D eigenvalue weighted by atomic mass is 9.81. The highest BCUT2D eigenvalue weighted by Crippen LogP contribution is 2.43. The number of hydrogen-bond donors (Lipinski definition) is 3. The van der Waals surface area contributed by atoms with Crippen LogP contribution in [-0.2, 0) is 17.8 Å². The van der Waals surface area contributed by atoms with Crippen molar-refractivity contribution in [2.24, 2.45) is 0 Å². The van der Waals surface area contributed by atoms with Crippen molar-refractivity contribution in [2.45, 2.75) is 38.8 Å². The number of pyridine rings is 1. The molecule has 1 amide bonds. The first-order valence-corrected chi connectivity index (χ1v) is 9.81. The molecule has 3 aliphatic rings. The molecule has 0 aliphatic carbocycles. The van der Waals surface area contributed by atoms with E-state index in [1.165, 1.54) is 11.1 Å². The first-order valence-electron chi connectivity index (χ1n) is 9.81. The predicted octanol–water partition coefficient (Wildman–Crippen LogP) is 2.24. The number of aryl methyl sites for hydroxylation is 1. The number of hydrogen-bond acceptors (Lipinski definition) is 5. The molecule has 5 rings (SSSR count). The van der Waals surface area contributed by atoms with Crippen molar-refractivity contribution in [1.82, 2.24) is 15.2 Å². The van der Waals surface area contributed by atoms with Gasteiger partial charge in [0.25, 0.3) is 5.91 Å². The number of nitrogens with one attached hydrogen (secondary N) is 1. The topological polar surface area (TPSA) is 85.7 Å². The Balaban J connectivity index is 1.72.